The van der Waals surface area contributed by atoms with E-state index in [1.807, 2.05) is 0 Å². The second-order valence-corrected chi connectivity index (χ2v) is 6.74. The quantitative estimate of drug-likeness (QED) is 0.825. The van der Waals surface area contributed by atoms with Crippen molar-refractivity contribution in [1.82, 2.24) is 5.32 Å². The van der Waals surface area contributed by atoms with Crippen LogP contribution in [0.3, 0.4) is 0 Å². The number of carbonyl (C=O) groups is 1. The summed E-state index contributed by atoms with van der Waals surface area (Å²) >= 11 is 0. The molecular weight excluding hydrogens is 236 g/mol. The summed E-state index contributed by atoms with van der Waals surface area (Å²) in [5.74, 6) is 1.56. The van der Waals surface area contributed by atoms with Gasteiger partial charge in [0.1, 0.15) is 0 Å². The first kappa shape index (κ1) is 14.8. The summed E-state index contributed by atoms with van der Waals surface area (Å²) in [6, 6.07) is 0.454. The van der Waals surface area contributed by atoms with E-state index in [0.29, 0.717) is 12.0 Å². The van der Waals surface area contributed by atoms with Crippen molar-refractivity contribution in [2.45, 2.75) is 77.3 Å². The molecule has 0 aromatic carbocycles. The van der Waals surface area contributed by atoms with Gasteiger partial charge in [-0.15, -0.1) is 0 Å². The second-order valence-electron chi connectivity index (χ2n) is 6.74. The van der Waals surface area contributed by atoms with E-state index in [0.717, 1.165) is 25.2 Å². The number of rotatable bonds is 3. The van der Waals surface area contributed by atoms with Crippen molar-refractivity contribution < 1.29 is 4.79 Å². The van der Waals surface area contributed by atoms with Gasteiger partial charge >= 0.3 is 0 Å². The molecule has 0 saturated heterocycles. The van der Waals surface area contributed by atoms with E-state index in [9.17, 15) is 4.79 Å². The third-order valence-corrected chi connectivity index (χ3v) is 5.34. The van der Waals surface area contributed by atoms with Gasteiger partial charge in [-0.05, 0) is 37.5 Å². The van der Waals surface area contributed by atoms with E-state index in [1.165, 1.54) is 32.1 Å². The third kappa shape index (κ3) is 3.71. The minimum atomic E-state index is 0.0470. The van der Waals surface area contributed by atoms with Gasteiger partial charge in [-0.1, -0.05) is 39.5 Å². The van der Waals surface area contributed by atoms with Gasteiger partial charge in [-0.25, -0.2) is 0 Å². The van der Waals surface area contributed by atoms with Crippen molar-refractivity contribution in [1.29, 1.82) is 0 Å². The summed E-state index contributed by atoms with van der Waals surface area (Å²) < 4.78 is 0. The highest BCUT2D eigenvalue weighted by molar-refractivity contribution is 5.79. The zero-order valence-electron chi connectivity index (χ0n) is 12.5. The third-order valence-electron chi connectivity index (χ3n) is 5.34. The largest absolute Gasteiger partial charge is 0.353 e. The van der Waals surface area contributed by atoms with Crippen LogP contribution in [0.15, 0.2) is 0 Å². The molecule has 2 saturated carbocycles. The monoisotopic (exact) mass is 266 g/mol. The first-order valence-corrected chi connectivity index (χ1v) is 8.17. The van der Waals surface area contributed by atoms with Gasteiger partial charge in [-0.2, -0.15) is 0 Å². The lowest BCUT2D eigenvalue weighted by molar-refractivity contribution is -0.128. The van der Waals surface area contributed by atoms with E-state index >= 15 is 0 Å². The molecule has 2 fully saturated rings. The molecule has 19 heavy (non-hydrogen) atoms. The Balaban J connectivity index is 1.86. The van der Waals surface area contributed by atoms with Gasteiger partial charge in [0.15, 0.2) is 0 Å². The van der Waals surface area contributed by atoms with Crippen molar-refractivity contribution in [2.75, 3.05) is 0 Å². The molecule has 3 nitrogen and oxygen atoms in total. The van der Waals surface area contributed by atoms with Gasteiger partial charge in [0, 0.05) is 12.1 Å². The molecule has 2 aliphatic carbocycles. The molecule has 1 amide bonds. The van der Waals surface area contributed by atoms with Crippen LogP contribution < -0.4 is 11.1 Å². The predicted octanol–water partition coefficient (Wildman–Crippen LogP) is 2.83. The minimum absolute atomic E-state index is 0.0470. The normalized spacial score (nSPS) is 39.8. The molecular formula is C16H30N2O. The first-order chi connectivity index (χ1) is 9.11. The molecule has 0 aromatic rings. The molecule has 110 valence electrons. The summed E-state index contributed by atoms with van der Waals surface area (Å²) in [5, 5.41) is 3.28. The number of hydrogen-bond acceptors (Lipinski definition) is 2. The number of hydrogen-bond donors (Lipinski definition) is 2. The summed E-state index contributed by atoms with van der Waals surface area (Å²) in [4.78, 5) is 12.4. The van der Waals surface area contributed by atoms with Crippen LogP contribution in [0.5, 0.6) is 0 Å². The molecule has 0 aliphatic heterocycles. The van der Waals surface area contributed by atoms with Gasteiger partial charge in [0.05, 0.1) is 5.92 Å². The van der Waals surface area contributed by atoms with Crippen LogP contribution in [0.1, 0.15) is 65.2 Å². The Labute approximate surface area is 117 Å². The van der Waals surface area contributed by atoms with Gasteiger partial charge in [0.25, 0.3) is 0 Å². The summed E-state index contributed by atoms with van der Waals surface area (Å²) in [6.07, 6.45) is 9.45. The maximum absolute atomic E-state index is 12.4. The molecule has 0 heterocycles. The minimum Gasteiger partial charge on any atom is -0.353 e. The Morgan fingerprint density at radius 3 is 2.68 bits per heavy atom. The Hall–Kier alpha value is -0.570. The van der Waals surface area contributed by atoms with E-state index in [-0.39, 0.29) is 17.9 Å². The van der Waals surface area contributed by atoms with Crippen LogP contribution in [0.25, 0.3) is 0 Å². The van der Waals surface area contributed by atoms with Crippen LogP contribution in [0, 0.1) is 17.8 Å². The standard InChI is InChI=1S/C16H30N2O/c1-3-12-7-5-8-13(10-12)18-16(19)14-9-4-6-11(2)15(14)17/h11-15H,3-10,17H2,1-2H3,(H,18,19). The van der Waals surface area contributed by atoms with Crippen molar-refractivity contribution in [3.05, 3.63) is 0 Å². The van der Waals surface area contributed by atoms with E-state index in [1.54, 1.807) is 0 Å². The van der Waals surface area contributed by atoms with Gasteiger partial charge in [0.2, 0.25) is 5.91 Å². The predicted molar refractivity (Wildman–Crippen MR) is 78.7 cm³/mol. The Morgan fingerprint density at radius 2 is 1.95 bits per heavy atom. The van der Waals surface area contributed by atoms with Gasteiger partial charge < -0.3 is 11.1 Å². The fourth-order valence-corrected chi connectivity index (χ4v) is 3.85. The molecule has 0 aromatic heterocycles. The Morgan fingerprint density at radius 1 is 1.21 bits per heavy atom. The molecule has 3 N–H and O–H groups in total. The lowest BCUT2D eigenvalue weighted by Gasteiger charge is -2.35. The summed E-state index contributed by atoms with van der Waals surface area (Å²) in [5.41, 5.74) is 6.22. The zero-order valence-corrected chi connectivity index (χ0v) is 12.5. The number of nitrogens with one attached hydrogen (secondary N) is 1. The molecule has 0 radical (unpaired) electrons. The maximum Gasteiger partial charge on any atom is 0.224 e. The average Bonchev–Trinajstić information content (AvgIpc) is 2.42. The lowest BCUT2D eigenvalue weighted by Crippen LogP contribution is -2.50. The highest BCUT2D eigenvalue weighted by Gasteiger charge is 2.34. The number of carbonyl (C=O) groups excluding carboxylic acids is 1. The van der Waals surface area contributed by atoms with Gasteiger partial charge in [-0.3, -0.25) is 4.79 Å². The molecule has 5 unspecified atom stereocenters. The lowest BCUT2D eigenvalue weighted by atomic mass is 9.77. The Bertz CT molecular complexity index is 305. The topological polar surface area (TPSA) is 55.1 Å². The van der Waals surface area contributed by atoms with E-state index in [4.69, 9.17) is 5.73 Å². The highest BCUT2D eigenvalue weighted by Crippen LogP contribution is 2.30. The van der Waals surface area contributed by atoms with Crippen LogP contribution in [0.4, 0.5) is 0 Å². The molecule has 3 heteroatoms. The van der Waals surface area contributed by atoms with Crippen LogP contribution in [-0.4, -0.2) is 18.0 Å². The fraction of sp³-hybridized carbons (Fsp3) is 0.938. The SMILES string of the molecule is CCC1CCCC(NC(=O)C2CCCC(C)C2N)C1. The van der Waals surface area contributed by atoms with Crippen LogP contribution >= 0.6 is 0 Å². The first-order valence-electron chi connectivity index (χ1n) is 8.17. The molecule has 5 atom stereocenters. The highest BCUT2D eigenvalue weighted by atomic mass is 16.2. The van der Waals surface area contributed by atoms with E-state index < -0.39 is 0 Å². The number of amides is 1. The molecule has 0 spiro atoms. The van der Waals surface area contributed by atoms with Crippen molar-refractivity contribution >= 4 is 5.91 Å². The fourth-order valence-electron chi connectivity index (χ4n) is 3.85. The summed E-state index contributed by atoms with van der Waals surface area (Å²) in [6.45, 7) is 4.44. The zero-order chi connectivity index (χ0) is 13.8. The average molecular weight is 266 g/mol. The molecule has 2 aliphatic rings. The maximum atomic E-state index is 12.4. The molecule has 2 rings (SSSR count). The summed E-state index contributed by atoms with van der Waals surface area (Å²) in [7, 11) is 0. The number of nitrogens with two attached hydrogens (primary N) is 1. The smallest absolute Gasteiger partial charge is 0.224 e. The van der Waals surface area contributed by atoms with Crippen molar-refractivity contribution in [2.24, 2.45) is 23.5 Å². The van der Waals surface area contributed by atoms with Crippen molar-refractivity contribution in [3.8, 4) is 0 Å². The van der Waals surface area contributed by atoms with Crippen molar-refractivity contribution in [3.63, 3.8) is 0 Å². The Kier molecular flexibility index (Phi) is 5.26. The van der Waals surface area contributed by atoms with Crippen LogP contribution in [0.2, 0.25) is 0 Å². The molecule has 0 bridgehead atoms. The van der Waals surface area contributed by atoms with E-state index in [2.05, 4.69) is 19.2 Å². The van der Waals surface area contributed by atoms with Crippen LogP contribution in [-0.2, 0) is 4.79 Å². The second kappa shape index (κ2) is 6.74.